The minimum absolute atomic E-state index is 0.157. The Morgan fingerprint density at radius 3 is 2.72 bits per heavy atom. The third kappa shape index (κ3) is 4.07. The lowest BCUT2D eigenvalue weighted by molar-refractivity contribution is -0.125. The molecule has 2 heterocycles. The van der Waals surface area contributed by atoms with Crippen molar-refractivity contribution in [1.82, 2.24) is 4.98 Å². The molecule has 1 unspecified atom stereocenters. The van der Waals surface area contributed by atoms with Gasteiger partial charge in [0.2, 0.25) is 0 Å². The van der Waals surface area contributed by atoms with Crippen LogP contribution in [0.1, 0.15) is 22.8 Å². The lowest BCUT2D eigenvalue weighted by Crippen LogP contribution is -2.44. The molecule has 1 aliphatic heterocycles. The van der Waals surface area contributed by atoms with E-state index >= 15 is 0 Å². The lowest BCUT2D eigenvalue weighted by Gasteiger charge is -2.33. The number of amides is 2. The van der Waals surface area contributed by atoms with Crippen molar-refractivity contribution in [2.24, 2.45) is 0 Å². The third-order valence-electron chi connectivity index (χ3n) is 4.60. The molecule has 0 saturated carbocycles. The topological polar surface area (TPSA) is 71.5 Å². The number of nitrogens with one attached hydrogen (secondary N) is 1. The number of nitrogens with zero attached hydrogens (tertiary/aromatic N) is 2. The summed E-state index contributed by atoms with van der Waals surface area (Å²) in [6.07, 6.45) is 2.52. The van der Waals surface area contributed by atoms with Crippen molar-refractivity contribution >= 4 is 34.8 Å². The molecule has 7 heteroatoms. The van der Waals surface area contributed by atoms with Crippen molar-refractivity contribution in [3.8, 4) is 5.75 Å². The highest BCUT2D eigenvalue weighted by atomic mass is 35.5. The number of pyridine rings is 1. The van der Waals surface area contributed by atoms with E-state index < -0.39 is 6.10 Å². The normalized spacial score (nSPS) is 15.4. The standard InChI is InChI=1S/C22H18ClN3O3/c1-14-22(28)26(13-15-3-2-4-17(23)11-15)19-12-18(5-6-20(19)29-14)25-21(27)16-7-9-24-10-8-16/h2-12,14H,13H2,1H3,(H,25,27). The molecule has 1 N–H and O–H groups in total. The van der Waals surface area contributed by atoms with Crippen molar-refractivity contribution in [2.45, 2.75) is 19.6 Å². The molecule has 3 aromatic rings. The number of ether oxygens (including phenoxy) is 1. The number of aromatic nitrogens is 1. The summed E-state index contributed by atoms with van der Waals surface area (Å²) in [5.74, 6) is 0.168. The van der Waals surface area contributed by atoms with E-state index in [1.165, 1.54) is 0 Å². The fourth-order valence-electron chi connectivity index (χ4n) is 3.17. The molecule has 0 aliphatic carbocycles. The fourth-order valence-corrected chi connectivity index (χ4v) is 3.39. The van der Waals surface area contributed by atoms with Crippen LogP contribution in [-0.2, 0) is 11.3 Å². The molecule has 1 aliphatic rings. The van der Waals surface area contributed by atoms with Crippen LogP contribution in [-0.4, -0.2) is 22.9 Å². The molecule has 2 amide bonds. The van der Waals surface area contributed by atoms with Crippen LogP contribution in [0, 0.1) is 0 Å². The number of anilines is 2. The van der Waals surface area contributed by atoms with Crippen LogP contribution in [0.15, 0.2) is 67.0 Å². The van der Waals surface area contributed by atoms with Gasteiger partial charge in [0, 0.05) is 28.7 Å². The van der Waals surface area contributed by atoms with Crippen molar-refractivity contribution in [2.75, 3.05) is 10.2 Å². The van der Waals surface area contributed by atoms with Crippen molar-refractivity contribution in [3.63, 3.8) is 0 Å². The van der Waals surface area contributed by atoms with Gasteiger partial charge in [0.05, 0.1) is 12.2 Å². The Morgan fingerprint density at radius 2 is 1.97 bits per heavy atom. The number of hydrogen-bond donors (Lipinski definition) is 1. The zero-order valence-electron chi connectivity index (χ0n) is 15.6. The summed E-state index contributed by atoms with van der Waals surface area (Å²) in [4.78, 5) is 30.8. The summed E-state index contributed by atoms with van der Waals surface area (Å²) in [6.45, 7) is 2.07. The van der Waals surface area contributed by atoms with Crippen LogP contribution in [0.2, 0.25) is 5.02 Å². The molecular formula is C22H18ClN3O3. The predicted octanol–water partition coefficient (Wildman–Crippen LogP) is 4.30. The van der Waals surface area contributed by atoms with E-state index in [0.29, 0.717) is 34.3 Å². The van der Waals surface area contributed by atoms with Gasteiger partial charge in [0.25, 0.3) is 11.8 Å². The molecule has 29 heavy (non-hydrogen) atoms. The molecule has 146 valence electrons. The second-order valence-corrected chi connectivity index (χ2v) is 7.12. The number of benzene rings is 2. The van der Waals surface area contributed by atoms with E-state index in [1.54, 1.807) is 60.6 Å². The number of carbonyl (C=O) groups excluding carboxylic acids is 2. The highest BCUT2D eigenvalue weighted by molar-refractivity contribution is 6.30. The summed E-state index contributed by atoms with van der Waals surface area (Å²) >= 11 is 6.09. The van der Waals surface area contributed by atoms with E-state index in [0.717, 1.165) is 5.56 Å². The van der Waals surface area contributed by atoms with Gasteiger partial charge in [-0.15, -0.1) is 0 Å². The summed E-state index contributed by atoms with van der Waals surface area (Å²) in [5.41, 5.74) is 2.56. The van der Waals surface area contributed by atoms with Crippen molar-refractivity contribution in [1.29, 1.82) is 0 Å². The van der Waals surface area contributed by atoms with Gasteiger partial charge in [0.15, 0.2) is 6.10 Å². The van der Waals surface area contributed by atoms with Gasteiger partial charge in [0.1, 0.15) is 5.75 Å². The monoisotopic (exact) mass is 407 g/mol. The molecule has 0 fully saturated rings. The average molecular weight is 408 g/mol. The van der Waals surface area contributed by atoms with E-state index in [4.69, 9.17) is 16.3 Å². The molecule has 1 aromatic heterocycles. The first-order valence-corrected chi connectivity index (χ1v) is 9.47. The predicted molar refractivity (Wildman–Crippen MR) is 111 cm³/mol. The van der Waals surface area contributed by atoms with Crippen LogP contribution in [0.3, 0.4) is 0 Å². The number of halogens is 1. The van der Waals surface area contributed by atoms with Crippen LogP contribution in [0.25, 0.3) is 0 Å². The second-order valence-electron chi connectivity index (χ2n) is 6.69. The molecule has 0 saturated heterocycles. The third-order valence-corrected chi connectivity index (χ3v) is 4.83. The smallest absolute Gasteiger partial charge is 0.268 e. The van der Waals surface area contributed by atoms with Crippen LogP contribution < -0.4 is 15.0 Å². The maximum atomic E-state index is 12.8. The number of fused-ring (bicyclic) bond motifs is 1. The van der Waals surface area contributed by atoms with Gasteiger partial charge in [-0.2, -0.15) is 0 Å². The zero-order valence-corrected chi connectivity index (χ0v) is 16.4. The molecule has 1 atom stereocenters. The molecule has 0 spiro atoms. The van der Waals surface area contributed by atoms with E-state index in [9.17, 15) is 9.59 Å². The summed E-state index contributed by atoms with van der Waals surface area (Å²) in [7, 11) is 0. The summed E-state index contributed by atoms with van der Waals surface area (Å²) in [6, 6.07) is 15.9. The number of carbonyl (C=O) groups is 2. The van der Waals surface area contributed by atoms with E-state index in [2.05, 4.69) is 10.3 Å². The molecular weight excluding hydrogens is 390 g/mol. The summed E-state index contributed by atoms with van der Waals surface area (Å²) in [5, 5.41) is 3.45. The Kier molecular flexibility index (Phi) is 5.18. The van der Waals surface area contributed by atoms with Gasteiger partial charge >= 0.3 is 0 Å². The summed E-state index contributed by atoms with van der Waals surface area (Å²) < 4.78 is 5.74. The van der Waals surface area contributed by atoms with Gasteiger partial charge in [-0.1, -0.05) is 23.7 Å². The molecule has 0 bridgehead atoms. The van der Waals surface area contributed by atoms with Crippen molar-refractivity contribution in [3.05, 3.63) is 83.1 Å². The SMILES string of the molecule is CC1Oc2ccc(NC(=O)c3ccncc3)cc2N(Cc2cccc(Cl)c2)C1=O. The Balaban J connectivity index is 1.64. The first kappa shape index (κ1) is 19.0. The maximum absolute atomic E-state index is 12.8. The molecule has 6 nitrogen and oxygen atoms in total. The minimum atomic E-state index is -0.598. The van der Waals surface area contributed by atoms with Gasteiger partial charge in [-0.25, -0.2) is 0 Å². The molecule has 4 rings (SSSR count). The van der Waals surface area contributed by atoms with Gasteiger partial charge < -0.3 is 15.0 Å². The Morgan fingerprint density at radius 1 is 1.17 bits per heavy atom. The largest absolute Gasteiger partial charge is 0.479 e. The van der Waals surface area contributed by atoms with E-state index in [1.807, 2.05) is 18.2 Å². The Labute approximate surface area is 173 Å². The Bertz CT molecular complexity index is 1070. The fraction of sp³-hybridized carbons (Fsp3) is 0.136. The van der Waals surface area contributed by atoms with Crippen LogP contribution in [0.5, 0.6) is 5.75 Å². The first-order valence-electron chi connectivity index (χ1n) is 9.09. The molecule has 0 radical (unpaired) electrons. The van der Waals surface area contributed by atoms with Gasteiger partial charge in [-0.05, 0) is 55.0 Å². The zero-order chi connectivity index (χ0) is 20.4. The first-order chi connectivity index (χ1) is 14.0. The van der Waals surface area contributed by atoms with Gasteiger partial charge in [-0.3, -0.25) is 14.6 Å². The minimum Gasteiger partial charge on any atom is -0.479 e. The van der Waals surface area contributed by atoms with Crippen molar-refractivity contribution < 1.29 is 14.3 Å². The highest BCUT2D eigenvalue weighted by Crippen LogP contribution is 2.37. The Hall–Kier alpha value is -3.38. The second kappa shape index (κ2) is 7.93. The molecule has 2 aromatic carbocycles. The van der Waals surface area contributed by atoms with E-state index in [-0.39, 0.29) is 11.8 Å². The van der Waals surface area contributed by atoms with Crippen LogP contribution in [0.4, 0.5) is 11.4 Å². The number of hydrogen-bond acceptors (Lipinski definition) is 4. The maximum Gasteiger partial charge on any atom is 0.268 e. The quantitative estimate of drug-likeness (QED) is 0.699. The lowest BCUT2D eigenvalue weighted by atomic mass is 10.1. The van der Waals surface area contributed by atoms with Crippen LogP contribution >= 0.6 is 11.6 Å². The average Bonchev–Trinajstić information content (AvgIpc) is 2.72. The number of rotatable bonds is 4. The highest BCUT2D eigenvalue weighted by Gasteiger charge is 2.32.